The fraction of sp³-hybridized carbons (Fsp3) is 0.625. The highest BCUT2D eigenvalue weighted by molar-refractivity contribution is 5.77. The summed E-state index contributed by atoms with van der Waals surface area (Å²) in [5, 5.41) is 2.75. The number of rotatable bonds is 14. The van der Waals surface area contributed by atoms with Gasteiger partial charge in [-0.3, -0.25) is 16.1 Å². The first-order valence-electron chi connectivity index (χ1n) is 11.5. The van der Waals surface area contributed by atoms with Crippen LogP contribution in [0.25, 0.3) is 0 Å². The number of hydrogen-bond donors (Lipinski definition) is 4. The Labute approximate surface area is 191 Å². The monoisotopic (exact) mass is 446 g/mol. The largest absolute Gasteiger partial charge is 0.489 e. The zero-order chi connectivity index (χ0) is 22.9. The summed E-state index contributed by atoms with van der Waals surface area (Å²) in [6.45, 7) is 1.90. The Balaban J connectivity index is 1.48. The molecule has 0 bridgehead atoms. The molecule has 1 amide bonds. The van der Waals surface area contributed by atoms with E-state index in [0.29, 0.717) is 12.5 Å². The van der Waals surface area contributed by atoms with E-state index in [2.05, 4.69) is 28.6 Å². The van der Waals surface area contributed by atoms with Gasteiger partial charge in [0.25, 0.3) is 0 Å². The maximum absolute atomic E-state index is 11.8. The first-order chi connectivity index (χ1) is 15.7. The summed E-state index contributed by atoms with van der Waals surface area (Å²) in [6.07, 6.45) is 7.49. The number of nitrogens with two attached hydrogens (primary N) is 2. The Morgan fingerprint density at radius 1 is 1.22 bits per heavy atom. The molecule has 0 heterocycles. The number of hydrogen-bond acceptors (Lipinski definition) is 7. The third-order valence-corrected chi connectivity index (χ3v) is 5.18. The summed E-state index contributed by atoms with van der Waals surface area (Å²) in [5.41, 5.74) is 9.75. The third-order valence-electron chi connectivity index (χ3n) is 5.18. The van der Waals surface area contributed by atoms with E-state index in [4.69, 9.17) is 25.8 Å². The molecule has 0 aromatic heterocycles. The molecule has 1 aliphatic rings. The van der Waals surface area contributed by atoms with E-state index < -0.39 is 6.23 Å². The Hall–Kier alpha value is -2.15. The molecule has 0 aliphatic heterocycles. The van der Waals surface area contributed by atoms with Gasteiger partial charge < -0.3 is 25.3 Å². The normalized spacial score (nSPS) is 14.9. The van der Waals surface area contributed by atoms with E-state index in [0.717, 1.165) is 25.1 Å². The molecule has 1 saturated carbocycles. The molecule has 32 heavy (non-hydrogen) atoms. The molecule has 2 rings (SSSR count). The molecule has 1 atom stereocenters. The zero-order valence-electron chi connectivity index (χ0n) is 18.9. The maximum Gasteiger partial charge on any atom is 0.246 e. The second-order valence-corrected chi connectivity index (χ2v) is 7.91. The van der Waals surface area contributed by atoms with E-state index in [-0.39, 0.29) is 32.3 Å². The van der Waals surface area contributed by atoms with Crippen molar-refractivity contribution < 1.29 is 19.0 Å². The lowest BCUT2D eigenvalue weighted by molar-refractivity contribution is -0.126. The van der Waals surface area contributed by atoms with Crippen molar-refractivity contribution in [2.45, 2.75) is 51.2 Å². The lowest BCUT2D eigenvalue weighted by Gasteiger charge is -2.15. The Bertz CT molecular complexity index is 713. The minimum absolute atomic E-state index is 0.0212. The highest BCUT2D eigenvalue weighted by Crippen LogP contribution is 2.22. The Kier molecular flexibility index (Phi) is 13.4. The molecule has 8 heteroatoms. The first kappa shape index (κ1) is 26.1. The summed E-state index contributed by atoms with van der Waals surface area (Å²) in [6, 6.07) is 7.88. The van der Waals surface area contributed by atoms with Crippen LogP contribution < -0.4 is 27.1 Å². The molecule has 6 N–H and O–H groups in total. The second kappa shape index (κ2) is 16.5. The summed E-state index contributed by atoms with van der Waals surface area (Å²) in [7, 11) is 0. The number of hydrazine groups is 1. The van der Waals surface area contributed by atoms with E-state index in [1.54, 1.807) is 0 Å². The smallest absolute Gasteiger partial charge is 0.246 e. The average Bonchev–Trinajstić information content (AvgIpc) is 2.81. The van der Waals surface area contributed by atoms with E-state index >= 15 is 0 Å². The predicted octanol–water partition coefficient (Wildman–Crippen LogP) is 1.48. The molecule has 1 aromatic rings. The van der Waals surface area contributed by atoms with Gasteiger partial charge in [-0.1, -0.05) is 43.2 Å². The van der Waals surface area contributed by atoms with Crippen molar-refractivity contribution in [3.8, 4) is 17.6 Å². The van der Waals surface area contributed by atoms with Gasteiger partial charge >= 0.3 is 0 Å². The van der Waals surface area contributed by atoms with Crippen LogP contribution >= 0.6 is 0 Å². The lowest BCUT2D eigenvalue weighted by Crippen LogP contribution is -2.33. The van der Waals surface area contributed by atoms with Crippen LogP contribution in [0.5, 0.6) is 5.75 Å². The fourth-order valence-corrected chi connectivity index (χ4v) is 3.47. The van der Waals surface area contributed by atoms with Gasteiger partial charge in [0.05, 0.1) is 19.8 Å². The molecule has 8 nitrogen and oxygen atoms in total. The van der Waals surface area contributed by atoms with Crippen molar-refractivity contribution in [3.63, 3.8) is 0 Å². The molecular formula is C24H38N4O4. The number of nitrogens with one attached hydrogen (secondary N) is 2. The van der Waals surface area contributed by atoms with Gasteiger partial charge in [-0.05, 0) is 43.4 Å². The van der Waals surface area contributed by atoms with Crippen molar-refractivity contribution in [2.24, 2.45) is 17.5 Å². The highest BCUT2D eigenvalue weighted by atomic mass is 16.6. The second-order valence-electron chi connectivity index (χ2n) is 7.91. The van der Waals surface area contributed by atoms with Crippen molar-refractivity contribution in [2.75, 3.05) is 39.5 Å². The average molecular weight is 447 g/mol. The van der Waals surface area contributed by atoms with Crippen LogP contribution in [-0.4, -0.2) is 51.7 Å². The highest BCUT2D eigenvalue weighted by Gasteiger charge is 2.10. The van der Waals surface area contributed by atoms with E-state index in [9.17, 15) is 4.79 Å². The standard InChI is InChI=1S/C24H38N4O4/c25-23(18-32-22-12-4-9-21(17-22)11-6-14-28-26)31-16-15-30-19-24(29)27-13-5-10-20-7-2-1-3-8-20/h4,9,12,17,20,23,28H,1-3,6-8,11,13-16,18-19,25-26H2,(H,27,29). The molecule has 1 aliphatic carbocycles. The topological polar surface area (TPSA) is 121 Å². The summed E-state index contributed by atoms with van der Waals surface area (Å²) in [4.78, 5) is 11.8. The van der Waals surface area contributed by atoms with Gasteiger partial charge in [0, 0.05) is 12.5 Å². The molecule has 1 aromatic carbocycles. The van der Waals surface area contributed by atoms with Gasteiger partial charge in [0.2, 0.25) is 5.91 Å². The molecule has 1 fully saturated rings. The van der Waals surface area contributed by atoms with Gasteiger partial charge in [-0.2, -0.15) is 0 Å². The van der Waals surface area contributed by atoms with Gasteiger partial charge in [-0.25, -0.2) is 0 Å². The Morgan fingerprint density at radius 2 is 2.06 bits per heavy atom. The van der Waals surface area contributed by atoms with E-state index in [1.165, 1.54) is 37.7 Å². The first-order valence-corrected chi connectivity index (χ1v) is 11.5. The van der Waals surface area contributed by atoms with Crippen molar-refractivity contribution in [1.82, 2.24) is 10.7 Å². The summed E-state index contributed by atoms with van der Waals surface area (Å²) < 4.78 is 16.5. The van der Waals surface area contributed by atoms with Gasteiger partial charge in [0.1, 0.15) is 25.2 Å². The van der Waals surface area contributed by atoms with Crippen LogP contribution in [0.15, 0.2) is 24.3 Å². The summed E-state index contributed by atoms with van der Waals surface area (Å²) in [5.74, 6) is 12.6. The number of benzene rings is 1. The fourth-order valence-electron chi connectivity index (χ4n) is 3.47. The number of aryl methyl sites for hydroxylation is 1. The molecule has 0 saturated heterocycles. The molecule has 0 spiro atoms. The number of amides is 1. The minimum atomic E-state index is -0.576. The predicted molar refractivity (Wildman–Crippen MR) is 125 cm³/mol. The van der Waals surface area contributed by atoms with Crippen LogP contribution in [0.1, 0.15) is 44.1 Å². The molecule has 0 radical (unpaired) electrons. The number of carbonyl (C=O) groups excluding carboxylic acids is 1. The Morgan fingerprint density at radius 3 is 2.88 bits per heavy atom. The van der Waals surface area contributed by atoms with Crippen LogP contribution in [0.2, 0.25) is 0 Å². The van der Waals surface area contributed by atoms with Crippen LogP contribution in [0.4, 0.5) is 0 Å². The van der Waals surface area contributed by atoms with Gasteiger partial charge in [0.15, 0.2) is 0 Å². The van der Waals surface area contributed by atoms with Crippen molar-refractivity contribution >= 4 is 5.91 Å². The number of ether oxygens (including phenoxy) is 3. The van der Waals surface area contributed by atoms with E-state index in [1.807, 2.05) is 18.2 Å². The van der Waals surface area contributed by atoms with Gasteiger partial charge in [-0.15, -0.1) is 0 Å². The molecule has 178 valence electrons. The summed E-state index contributed by atoms with van der Waals surface area (Å²) >= 11 is 0. The third kappa shape index (κ3) is 12.0. The number of carbonyl (C=O) groups is 1. The zero-order valence-corrected chi connectivity index (χ0v) is 18.9. The molecule has 1 unspecified atom stereocenters. The maximum atomic E-state index is 11.8. The van der Waals surface area contributed by atoms with Crippen LogP contribution in [0, 0.1) is 17.8 Å². The SMILES string of the molecule is NNCCCc1cccc(OCC(N)OCCOCC(=O)NCC#CC2CCCCC2)c1. The lowest BCUT2D eigenvalue weighted by atomic mass is 9.90. The quantitative estimate of drug-likeness (QED) is 0.112. The van der Waals surface area contributed by atoms with Crippen molar-refractivity contribution in [1.29, 1.82) is 0 Å². The van der Waals surface area contributed by atoms with Crippen LogP contribution in [-0.2, 0) is 20.7 Å². The van der Waals surface area contributed by atoms with Crippen molar-refractivity contribution in [3.05, 3.63) is 29.8 Å². The van der Waals surface area contributed by atoms with Crippen LogP contribution in [0.3, 0.4) is 0 Å². The minimum Gasteiger partial charge on any atom is -0.489 e. The molecular weight excluding hydrogens is 408 g/mol.